The van der Waals surface area contributed by atoms with Gasteiger partial charge in [0.15, 0.2) is 0 Å². The lowest BCUT2D eigenvalue weighted by Gasteiger charge is -2.12. The van der Waals surface area contributed by atoms with E-state index in [0.29, 0.717) is 19.5 Å². The molecule has 116 valence electrons. The maximum absolute atomic E-state index is 11.7. The summed E-state index contributed by atoms with van der Waals surface area (Å²) in [6.07, 6.45) is -0.0692. The molecule has 0 heterocycles. The molecule has 2 amide bonds. The van der Waals surface area contributed by atoms with Crippen LogP contribution in [0.15, 0.2) is 54.6 Å². The van der Waals surface area contributed by atoms with Crippen molar-refractivity contribution in [3.63, 3.8) is 0 Å². The van der Waals surface area contributed by atoms with Gasteiger partial charge in [-0.05, 0) is 24.5 Å². The molecule has 1 atom stereocenters. The second kappa shape index (κ2) is 8.20. The van der Waals surface area contributed by atoms with E-state index in [-0.39, 0.29) is 6.03 Å². The highest BCUT2D eigenvalue weighted by atomic mass is 16.3. The molecule has 0 saturated carbocycles. The number of hydrogen-bond donors (Lipinski definition) is 3. The van der Waals surface area contributed by atoms with E-state index in [1.807, 2.05) is 61.5 Å². The van der Waals surface area contributed by atoms with Crippen molar-refractivity contribution in [1.29, 1.82) is 0 Å². The van der Waals surface area contributed by atoms with Crippen molar-refractivity contribution in [2.75, 3.05) is 6.54 Å². The van der Waals surface area contributed by atoms with Crippen LogP contribution in [0.2, 0.25) is 0 Å². The van der Waals surface area contributed by atoms with Crippen molar-refractivity contribution in [3.8, 4) is 0 Å². The lowest BCUT2D eigenvalue weighted by molar-refractivity contribution is 0.167. The fourth-order valence-electron chi connectivity index (χ4n) is 2.23. The Morgan fingerprint density at radius 2 is 1.86 bits per heavy atom. The van der Waals surface area contributed by atoms with Gasteiger partial charge in [0.1, 0.15) is 0 Å². The average Bonchev–Trinajstić information content (AvgIpc) is 2.54. The summed E-state index contributed by atoms with van der Waals surface area (Å²) in [6, 6.07) is 17.2. The van der Waals surface area contributed by atoms with Crippen LogP contribution in [0.5, 0.6) is 0 Å². The third-order valence-corrected chi connectivity index (χ3v) is 3.42. The number of aliphatic hydroxyl groups is 1. The van der Waals surface area contributed by atoms with Crippen LogP contribution in [0.1, 0.15) is 29.2 Å². The Labute approximate surface area is 131 Å². The van der Waals surface area contributed by atoms with E-state index in [1.165, 1.54) is 5.56 Å². The summed E-state index contributed by atoms with van der Waals surface area (Å²) >= 11 is 0. The molecule has 0 aliphatic carbocycles. The Morgan fingerprint density at radius 3 is 2.59 bits per heavy atom. The molecule has 3 N–H and O–H groups in total. The topological polar surface area (TPSA) is 61.4 Å². The fraction of sp³-hybridized carbons (Fsp3) is 0.278. The number of nitrogens with one attached hydrogen (secondary N) is 2. The molecule has 2 aromatic rings. The molecule has 0 bridgehead atoms. The van der Waals surface area contributed by atoms with Gasteiger partial charge in [-0.15, -0.1) is 0 Å². The summed E-state index contributed by atoms with van der Waals surface area (Å²) in [4.78, 5) is 11.7. The third-order valence-electron chi connectivity index (χ3n) is 3.42. The van der Waals surface area contributed by atoms with Crippen LogP contribution >= 0.6 is 0 Å². The normalized spacial score (nSPS) is 11.7. The highest BCUT2D eigenvalue weighted by Crippen LogP contribution is 2.14. The van der Waals surface area contributed by atoms with Gasteiger partial charge in [0.05, 0.1) is 6.10 Å². The average molecular weight is 298 g/mol. The van der Waals surface area contributed by atoms with Gasteiger partial charge in [-0.1, -0.05) is 60.2 Å². The first-order valence-electron chi connectivity index (χ1n) is 7.45. The Bertz CT molecular complexity index is 599. The van der Waals surface area contributed by atoms with Gasteiger partial charge in [-0.25, -0.2) is 4.79 Å². The second-order valence-corrected chi connectivity index (χ2v) is 5.31. The predicted octanol–water partition coefficient (Wildman–Crippen LogP) is 2.92. The number of rotatable bonds is 6. The molecule has 22 heavy (non-hydrogen) atoms. The van der Waals surface area contributed by atoms with Gasteiger partial charge in [0.2, 0.25) is 0 Å². The fourth-order valence-corrected chi connectivity index (χ4v) is 2.23. The van der Waals surface area contributed by atoms with Gasteiger partial charge >= 0.3 is 6.03 Å². The molecule has 4 nitrogen and oxygen atoms in total. The third kappa shape index (κ3) is 5.22. The van der Waals surface area contributed by atoms with Crippen molar-refractivity contribution in [3.05, 3.63) is 71.3 Å². The van der Waals surface area contributed by atoms with Crippen LogP contribution in [0, 0.1) is 6.92 Å². The summed E-state index contributed by atoms with van der Waals surface area (Å²) in [5.41, 5.74) is 3.11. The number of carbonyl (C=O) groups excluding carboxylic acids is 1. The molecule has 0 aliphatic heterocycles. The van der Waals surface area contributed by atoms with Crippen molar-refractivity contribution in [1.82, 2.24) is 10.6 Å². The Morgan fingerprint density at radius 1 is 1.09 bits per heavy atom. The van der Waals surface area contributed by atoms with Crippen LogP contribution in [-0.2, 0) is 6.54 Å². The zero-order valence-electron chi connectivity index (χ0n) is 12.8. The molecule has 2 aromatic carbocycles. The first-order valence-corrected chi connectivity index (χ1v) is 7.45. The van der Waals surface area contributed by atoms with Gasteiger partial charge in [-0.2, -0.15) is 0 Å². The molecule has 0 aromatic heterocycles. The number of amides is 2. The smallest absolute Gasteiger partial charge is 0.315 e. The van der Waals surface area contributed by atoms with Crippen LogP contribution in [0.25, 0.3) is 0 Å². The van der Waals surface area contributed by atoms with E-state index in [0.717, 1.165) is 11.1 Å². The molecular formula is C18H22N2O2. The number of benzene rings is 2. The van der Waals surface area contributed by atoms with Crippen molar-refractivity contribution in [2.24, 2.45) is 0 Å². The van der Waals surface area contributed by atoms with E-state index in [1.54, 1.807) is 0 Å². The monoisotopic (exact) mass is 298 g/mol. The molecule has 0 radical (unpaired) electrons. The van der Waals surface area contributed by atoms with Gasteiger partial charge in [-0.3, -0.25) is 0 Å². The Balaban J connectivity index is 1.68. The minimum absolute atomic E-state index is 0.221. The van der Waals surface area contributed by atoms with Crippen LogP contribution in [-0.4, -0.2) is 17.7 Å². The summed E-state index contributed by atoms with van der Waals surface area (Å²) in [7, 11) is 0. The predicted molar refractivity (Wildman–Crippen MR) is 87.4 cm³/mol. The lowest BCUT2D eigenvalue weighted by Crippen LogP contribution is -2.36. The number of urea groups is 1. The zero-order valence-corrected chi connectivity index (χ0v) is 12.8. The maximum Gasteiger partial charge on any atom is 0.315 e. The maximum atomic E-state index is 11.7. The number of aryl methyl sites for hydroxylation is 1. The summed E-state index contributed by atoms with van der Waals surface area (Å²) in [5, 5.41) is 15.6. The lowest BCUT2D eigenvalue weighted by atomic mass is 10.1. The molecular weight excluding hydrogens is 276 g/mol. The van der Waals surface area contributed by atoms with Crippen molar-refractivity contribution < 1.29 is 9.90 Å². The number of aliphatic hydroxyl groups excluding tert-OH is 1. The first-order chi connectivity index (χ1) is 10.6. The largest absolute Gasteiger partial charge is 0.388 e. The summed E-state index contributed by atoms with van der Waals surface area (Å²) in [5.74, 6) is 0. The van der Waals surface area contributed by atoms with E-state index >= 15 is 0 Å². The highest BCUT2D eigenvalue weighted by Gasteiger charge is 2.07. The minimum atomic E-state index is -0.557. The standard InChI is InChI=1S/C18H22N2O2/c1-14-6-5-7-15(12-14)13-20-18(22)19-11-10-17(21)16-8-3-2-4-9-16/h2-9,12,17,21H,10-11,13H2,1H3,(H2,19,20,22). The number of carbonyl (C=O) groups is 1. The molecule has 0 spiro atoms. The first kappa shape index (κ1) is 16.0. The van der Waals surface area contributed by atoms with Gasteiger partial charge in [0.25, 0.3) is 0 Å². The molecule has 0 saturated heterocycles. The second-order valence-electron chi connectivity index (χ2n) is 5.31. The van der Waals surface area contributed by atoms with Crippen molar-refractivity contribution >= 4 is 6.03 Å². The Hall–Kier alpha value is -2.33. The Kier molecular flexibility index (Phi) is 5.98. The van der Waals surface area contributed by atoms with Crippen LogP contribution in [0.3, 0.4) is 0 Å². The minimum Gasteiger partial charge on any atom is -0.388 e. The molecule has 4 heteroatoms. The molecule has 1 unspecified atom stereocenters. The summed E-state index contributed by atoms with van der Waals surface area (Å²) < 4.78 is 0. The van der Waals surface area contributed by atoms with Crippen molar-refractivity contribution in [2.45, 2.75) is 26.0 Å². The van der Waals surface area contributed by atoms with E-state index in [2.05, 4.69) is 10.6 Å². The van der Waals surface area contributed by atoms with Crippen LogP contribution < -0.4 is 10.6 Å². The SMILES string of the molecule is Cc1cccc(CNC(=O)NCCC(O)c2ccccc2)c1. The number of hydrogen-bond acceptors (Lipinski definition) is 2. The quantitative estimate of drug-likeness (QED) is 0.768. The molecule has 0 fully saturated rings. The highest BCUT2D eigenvalue weighted by molar-refractivity contribution is 5.73. The van der Waals surface area contributed by atoms with Gasteiger partial charge in [0, 0.05) is 13.1 Å². The zero-order chi connectivity index (χ0) is 15.8. The van der Waals surface area contributed by atoms with E-state index in [4.69, 9.17) is 0 Å². The summed E-state index contributed by atoms with van der Waals surface area (Å²) in [6.45, 7) is 2.94. The molecule has 0 aliphatic rings. The van der Waals surface area contributed by atoms with Gasteiger partial charge < -0.3 is 15.7 Å². The molecule has 2 rings (SSSR count). The van der Waals surface area contributed by atoms with Crippen LogP contribution in [0.4, 0.5) is 4.79 Å². The van der Waals surface area contributed by atoms with E-state index < -0.39 is 6.10 Å². The van der Waals surface area contributed by atoms with E-state index in [9.17, 15) is 9.90 Å².